The van der Waals surface area contributed by atoms with Gasteiger partial charge in [0.1, 0.15) is 17.3 Å². The van der Waals surface area contributed by atoms with Crippen LogP contribution in [0.2, 0.25) is 0 Å². The number of para-hydroxylation sites is 1. The maximum atomic E-state index is 14.0. The van der Waals surface area contributed by atoms with Gasteiger partial charge >= 0.3 is 0 Å². The number of hydrogen-bond donors (Lipinski definition) is 1. The van der Waals surface area contributed by atoms with Crippen LogP contribution in [0.5, 0.6) is 5.75 Å². The largest absolute Gasteiger partial charge is 0.494 e. The van der Waals surface area contributed by atoms with E-state index in [0.717, 1.165) is 5.56 Å². The van der Waals surface area contributed by atoms with Crippen molar-refractivity contribution in [1.29, 1.82) is 0 Å². The molecule has 226 valence electrons. The van der Waals surface area contributed by atoms with Gasteiger partial charge in [-0.3, -0.25) is 24.3 Å². The number of carbonyl (C=O) groups excluding carboxylic acids is 1. The van der Waals surface area contributed by atoms with E-state index >= 15 is 0 Å². The minimum absolute atomic E-state index is 0.00414. The van der Waals surface area contributed by atoms with Gasteiger partial charge in [-0.2, -0.15) is 0 Å². The number of anilines is 1. The molecule has 1 amide bonds. The summed E-state index contributed by atoms with van der Waals surface area (Å²) in [4.78, 5) is 43.9. The maximum Gasteiger partial charge on any atom is 0.273 e. The molecule has 11 heteroatoms. The van der Waals surface area contributed by atoms with Crippen molar-refractivity contribution in [1.82, 2.24) is 4.57 Å². The van der Waals surface area contributed by atoms with Gasteiger partial charge in [0.15, 0.2) is 4.80 Å². The number of allylic oxidation sites excluding steroid dienone is 1. The highest BCUT2D eigenvalue weighted by molar-refractivity contribution is 7.07. The second kappa shape index (κ2) is 12.2. The van der Waals surface area contributed by atoms with Crippen LogP contribution in [-0.4, -0.2) is 22.0 Å². The highest BCUT2D eigenvalue weighted by Gasteiger charge is 2.32. The fourth-order valence-electron chi connectivity index (χ4n) is 5.23. The van der Waals surface area contributed by atoms with Gasteiger partial charge < -0.3 is 14.5 Å². The maximum absolute atomic E-state index is 14.0. The van der Waals surface area contributed by atoms with Gasteiger partial charge in [-0.1, -0.05) is 53.8 Å². The van der Waals surface area contributed by atoms with Crippen molar-refractivity contribution in [3.63, 3.8) is 0 Å². The van der Waals surface area contributed by atoms with Gasteiger partial charge in [0.25, 0.3) is 17.2 Å². The van der Waals surface area contributed by atoms with Crippen molar-refractivity contribution in [2.24, 2.45) is 4.99 Å². The molecular weight excluding hydrogens is 592 g/mol. The van der Waals surface area contributed by atoms with Crippen molar-refractivity contribution in [3.05, 3.63) is 143 Å². The predicted molar refractivity (Wildman–Crippen MR) is 172 cm³/mol. The molecule has 45 heavy (non-hydrogen) atoms. The molecule has 3 heterocycles. The molecule has 0 aliphatic carbocycles. The average molecular weight is 621 g/mol. The molecular formula is C34H28N4O6S. The Labute approximate surface area is 261 Å². The number of rotatable bonds is 8. The summed E-state index contributed by atoms with van der Waals surface area (Å²) in [5.41, 5.74) is 2.95. The SMILES string of the molecule is CCOc1ccc([C@@H]2C(C(=O)Nc3ccccc3)=C(C)N=c3s/c(=C\c4ccc(-c5ccc(C)c([N+](=O)[O-])c5)o4)c(=O)n32)cc1. The van der Waals surface area contributed by atoms with E-state index in [9.17, 15) is 19.7 Å². The van der Waals surface area contributed by atoms with Crippen LogP contribution in [0.3, 0.4) is 0 Å². The molecule has 1 N–H and O–H groups in total. The van der Waals surface area contributed by atoms with Gasteiger partial charge in [0, 0.05) is 29.0 Å². The topological polar surface area (TPSA) is 129 Å². The van der Waals surface area contributed by atoms with Gasteiger partial charge in [-0.05, 0) is 62.7 Å². The highest BCUT2D eigenvalue weighted by Crippen LogP contribution is 2.32. The summed E-state index contributed by atoms with van der Waals surface area (Å²) in [5.74, 6) is 1.14. The van der Waals surface area contributed by atoms with Crippen LogP contribution in [0.15, 0.2) is 110 Å². The number of furan rings is 1. The molecule has 0 spiro atoms. The molecule has 0 bridgehead atoms. The van der Waals surface area contributed by atoms with Gasteiger partial charge in [-0.15, -0.1) is 0 Å². The Morgan fingerprint density at radius 3 is 2.56 bits per heavy atom. The van der Waals surface area contributed by atoms with Crippen LogP contribution in [-0.2, 0) is 4.79 Å². The summed E-state index contributed by atoms with van der Waals surface area (Å²) in [7, 11) is 0. The van der Waals surface area contributed by atoms with Crippen LogP contribution < -0.4 is 24.9 Å². The highest BCUT2D eigenvalue weighted by atomic mass is 32.1. The number of thiazole rings is 1. The van der Waals surface area contributed by atoms with Crippen molar-refractivity contribution in [3.8, 4) is 17.1 Å². The molecule has 1 aliphatic rings. The lowest BCUT2D eigenvalue weighted by Gasteiger charge is -2.25. The number of nitro benzene ring substituents is 1. The van der Waals surface area contributed by atoms with E-state index in [1.165, 1.54) is 22.0 Å². The molecule has 3 aromatic carbocycles. The number of nitrogens with one attached hydrogen (secondary N) is 1. The van der Waals surface area contributed by atoms with E-state index in [2.05, 4.69) is 10.3 Å². The molecule has 0 unspecified atom stereocenters. The Bertz CT molecular complexity index is 2140. The van der Waals surface area contributed by atoms with E-state index in [-0.39, 0.29) is 17.2 Å². The van der Waals surface area contributed by atoms with Crippen LogP contribution in [0.25, 0.3) is 17.4 Å². The van der Waals surface area contributed by atoms with Crippen molar-refractivity contribution in [2.45, 2.75) is 26.8 Å². The second-order valence-electron chi connectivity index (χ2n) is 10.4. The number of amides is 1. The normalized spacial score (nSPS) is 14.6. The first kappa shape index (κ1) is 29.5. The summed E-state index contributed by atoms with van der Waals surface area (Å²) in [6.07, 6.45) is 1.62. The summed E-state index contributed by atoms with van der Waals surface area (Å²) in [5, 5.41) is 14.4. The monoisotopic (exact) mass is 620 g/mol. The van der Waals surface area contributed by atoms with Gasteiger partial charge in [0.2, 0.25) is 0 Å². The molecule has 5 aromatic rings. The molecule has 0 saturated carbocycles. The number of benzene rings is 3. The average Bonchev–Trinajstić information content (AvgIpc) is 3.61. The first-order valence-electron chi connectivity index (χ1n) is 14.2. The van der Waals surface area contributed by atoms with Crippen LogP contribution in [0, 0.1) is 17.0 Å². The number of fused-ring (bicyclic) bond motifs is 1. The lowest BCUT2D eigenvalue weighted by Crippen LogP contribution is -2.40. The lowest BCUT2D eigenvalue weighted by atomic mass is 9.95. The minimum Gasteiger partial charge on any atom is -0.494 e. The predicted octanol–water partition coefficient (Wildman–Crippen LogP) is 5.75. The second-order valence-corrected chi connectivity index (χ2v) is 11.4. The first-order chi connectivity index (χ1) is 21.7. The minimum atomic E-state index is -0.747. The van der Waals surface area contributed by atoms with Crippen LogP contribution in [0.1, 0.15) is 36.8 Å². The molecule has 0 saturated heterocycles. The smallest absolute Gasteiger partial charge is 0.273 e. The molecule has 0 radical (unpaired) electrons. The Balaban J connectivity index is 1.43. The Morgan fingerprint density at radius 1 is 1.09 bits per heavy atom. The lowest BCUT2D eigenvalue weighted by molar-refractivity contribution is -0.385. The number of nitro groups is 1. The summed E-state index contributed by atoms with van der Waals surface area (Å²) < 4.78 is 13.5. The van der Waals surface area contributed by atoms with Crippen molar-refractivity contribution >= 4 is 34.7 Å². The number of ether oxygens (including phenoxy) is 1. The third kappa shape index (κ3) is 5.85. The zero-order valence-corrected chi connectivity index (χ0v) is 25.5. The van der Waals surface area contributed by atoms with Crippen molar-refractivity contribution in [2.75, 3.05) is 11.9 Å². The third-order valence-corrected chi connectivity index (χ3v) is 8.38. The zero-order chi connectivity index (χ0) is 31.7. The zero-order valence-electron chi connectivity index (χ0n) is 24.6. The number of aromatic nitrogens is 1. The van der Waals surface area contributed by atoms with E-state index < -0.39 is 11.0 Å². The fraction of sp³-hybridized carbons (Fsp3) is 0.147. The summed E-state index contributed by atoms with van der Waals surface area (Å²) in [6.45, 7) is 5.84. The van der Waals surface area contributed by atoms with Crippen LogP contribution in [0.4, 0.5) is 11.4 Å². The number of nitrogens with zero attached hydrogens (tertiary/aromatic N) is 3. The number of aryl methyl sites for hydroxylation is 1. The van der Waals surface area contributed by atoms with E-state index in [4.69, 9.17) is 9.15 Å². The number of carbonyl (C=O) groups is 1. The van der Waals surface area contributed by atoms with Gasteiger partial charge in [-0.25, -0.2) is 4.99 Å². The fourth-order valence-corrected chi connectivity index (χ4v) is 6.26. The molecule has 0 fully saturated rings. The van der Waals surface area contributed by atoms with Crippen molar-refractivity contribution < 1.29 is 18.9 Å². The molecule has 2 aromatic heterocycles. The molecule has 1 atom stereocenters. The van der Waals surface area contributed by atoms with Crippen LogP contribution >= 0.6 is 11.3 Å². The molecule has 6 rings (SSSR count). The Morgan fingerprint density at radius 2 is 1.84 bits per heavy atom. The molecule has 1 aliphatic heterocycles. The summed E-state index contributed by atoms with van der Waals surface area (Å²) >= 11 is 1.19. The first-order valence-corrected chi connectivity index (χ1v) is 15.0. The Hall–Kier alpha value is -5.55. The van der Waals surface area contributed by atoms with E-state index in [0.29, 0.717) is 61.3 Å². The third-order valence-electron chi connectivity index (χ3n) is 7.40. The van der Waals surface area contributed by atoms with E-state index in [1.807, 2.05) is 49.4 Å². The standard InChI is InChI=1S/C34H28N4O6S/c1-4-43-25-14-12-22(13-15-25)31-30(32(39)36-24-8-6-5-7-9-24)21(3)35-34-37(31)33(40)29(45-34)19-26-16-17-28(44-26)23-11-10-20(2)27(18-23)38(41)42/h5-19,31H,4H2,1-3H3,(H,36,39)/b29-19-/t31-/m1/s1. The quantitative estimate of drug-likeness (QED) is 0.174. The summed E-state index contributed by atoms with van der Waals surface area (Å²) in [6, 6.07) is 24.0. The number of hydrogen-bond acceptors (Lipinski definition) is 8. The Kier molecular flexibility index (Phi) is 8.01. The van der Waals surface area contributed by atoms with E-state index in [1.54, 1.807) is 56.3 Å². The molecule has 10 nitrogen and oxygen atoms in total. The van der Waals surface area contributed by atoms with Gasteiger partial charge in [0.05, 0.1) is 33.4 Å².